The minimum atomic E-state index is -2.52. The first kappa shape index (κ1) is 27.1. The van der Waals surface area contributed by atoms with Gasteiger partial charge in [0.2, 0.25) is 5.88 Å². The van der Waals surface area contributed by atoms with Crippen LogP contribution in [0.1, 0.15) is 30.4 Å². The molecule has 1 unspecified atom stereocenters. The number of piperidine rings is 1. The van der Waals surface area contributed by atoms with E-state index < -0.39 is 8.25 Å². The van der Waals surface area contributed by atoms with Gasteiger partial charge in [0, 0.05) is 25.5 Å². The lowest BCUT2D eigenvalue weighted by atomic mass is 9.94. The van der Waals surface area contributed by atoms with E-state index in [-0.39, 0.29) is 12.2 Å². The number of anilines is 1. The van der Waals surface area contributed by atoms with Crippen molar-refractivity contribution in [2.75, 3.05) is 24.6 Å². The summed E-state index contributed by atoms with van der Waals surface area (Å²) in [4.78, 5) is 19.9. The number of benzene rings is 2. The molecule has 1 atom stereocenters. The van der Waals surface area contributed by atoms with Crippen LogP contribution in [0.3, 0.4) is 0 Å². The third kappa shape index (κ3) is 7.12. The van der Waals surface area contributed by atoms with Gasteiger partial charge in [0.05, 0.1) is 19.4 Å². The van der Waals surface area contributed by atoms with Crippen LogP contribution < -0.4 is 15.2 Å². The van der Waals surface area contributed by atoms with E-state index in [1.165, 1.54) is 4.68 Å². The molecule has 4 aromatic rings. The van der Waals surface area contributed by atoms with Gasteiger partial charge < -0.3 is 18.7 Å². The maximum Gasteiger partial charge on any atom is 0.319 e. The highest BCUT2D eigenvalue weighted by Crippen LogP contribution is 2.31. The monoisotopic (exact) mass is 548 g/mol. The van der Waals surface area contributed by atoms with Crippen molar-refractivity contribution in [2.45, 2.75) is 32.5 Å². The number of hydrogen-bond acceptors (Lipinski definition) is 8. The maximum absolute atomic E-state index is 12.9. The number of hydrogen-bond donors (Lipinski definition) is 0. The Morgan fingerprint density at radius 2 is 1.62 bits per heavy atom. The van der Waals surface area contributed by atoms with Crippen molar-refractivity contribution in [2.24, 2.45) is 13.0 Å². The van der Waals surface area contributed by atoms with Crippen molar-refractivity contribution >= 4 is 24.8 Å². The van der Waals surface area contributed by atoms with Gasteiger partial charge in [-0.05, 0) is 42.4 Å². The highest BCUT2D eigenvalue weighted by Gasteiger charge is 2.22. The van der Waals surface area contributed by atoms with Gasteiger partial charge in [-0.1, -0.05) is 60.7 Å². The second kappa shape index (κ2) is 13.0. The van der Waals surface area contributed by atoms with Crippen LogP contribution in [0.5, 0.6) is 5.88 Å². The molecule has 2 aromatic carbocycles. The first-order valence-corrected chi connectivity index (χ1v) is 14.4. The van der Waals surface area contributed by atoms with Gasteiger partial charge in [-0.25, -0.2) is 4.68 Å². The van der Waals surface area contributed by atoms with Crippen molar-refractivity contribution in [3.8, 4) is 5.88 Å². The van der Waals surface area contributed by atoms with E-state index in [9.17, 15) is 9.36 Å². The fraction of sp³-hybridized carbons (Fsp3) is 0.345. The summed E-state index contributed by atoms with van der Waals surface area (Å²) in [5.74, 6) is 1.56. The summed E-state index contributed by atoms with van der Waals surface area (Å²) in [6, 6.07) is 21.4. The molecule has 1 saturated heterocycles. The van der Waals surface area contributed by atoms with Crippen LogP contribution >= 0.6 is 8.25 Å². The van der Waals surface area contributed by atoms with Crippen molar-refractivity contribution in [1.82, 2.24) is 14.8 Å². The highest BCUT2D eigenvalue weighted by atomic mass is 31.1. The predicted octanol–water partition coefficient (Wildman–Crippen LogP) is 5.14. The summed E-state index contributed by atoms with van der Waals surface area (Å²) >= 11 is 0. The molecule has 204 valence electrons. The van der Waals surface area contributed by atoms with Gasteiger partial charge in [0.1, 0.15) is 17.8 Å². The van der Waals surface area contributed by atoms with E-state index in [0.717, 1.165) is 49.3 Å². The van der Waals surface area contributed by atoms with Crippen LogP contribution in [0.4, 0.5) is 5.82 Å². The Hall–Kier alpha value is -3.52. The molecule has 0 amide bonds. The number of aryl methyl sites for hydroxylation is 1. The molecule has 0 saturated carbocycles. The molecule has 2 aromatic heterocycles. The van der Waals surface area contributed by atoms with E-state index in [2.05, 4.69) is 10.00 Å². The Morgan fingerprint density at radius 1 is 0.949 bits per heavy atom. The largest absolute Gasteiger partial charge is 0.472 e. The van der Waals surface area contributed by atoms with Gasteiger partial charge >= 0.3 is 8.25 Å². The van der Waals surface area contributed by atoms with Crippen molar-refractivity contribution < 1.29 is 18.3 Å². The fourth-order valence-electron chi connectivity index (χ4n) is 4.72. The predicted molar refractivity (Wildman–Crippen MR) is 151 cm³/mol. The SMILES string of the molecule is Cn1ncc2cc(N3CCC(CCO[PH](=O)OCc4ccccc4)CC3)nc(OCc3ccccc3)c2c1=O. The lowest BCUT2D eigenvalue weighted by Gasteiger charge is -2.33. The fourth-order valence-corrected chi connectivity index (χ4v) is 5.37. The highest BCUT2D eigenvalue weighted by molar-refractivity contribution is 7.33. The molecule has 0 aliphatic carbocycles. The van der Waals surface area contributed by atoms with Gasteiger partial charge in [0.25, 0.3) is 5.56 Å². The van der Waals surface area contributed by atoms with E-state index >= 15 is 0 Å². The molecule has 0 radical (unpaired) electrons. The Balaban J connectivity index is 1.17. The summed E-state index contributed by atoms with van der Waals surface area (Å²) in [5, 5.41) is 5.34. The first-order chi connectivity index (χ1) is 19.1. The minimum Gasteiger partial charge on any atom is -0.472 e. The third-order valence-corrected chi connectivity index (χ3v) is 7.80. The average molecular weight is 549 g/mol. The lowest BCUT2D eigenvalue weighted by Crippen LogP contribution is -2.34. The van der Waals surface area contributed by atoms with E-state index in [4.69, 9.17) is 18.8 Å². The van der Waals surface area contributed by atoms with Crippen LogP contribution in [0.2, 0.25) is 0 Å². The van der Waals surface area contributed by atoms with Crippen molar-refractivity contribution in [3.63, 3.8) is 0 Å². The second-order valence-corrected chi connectivity index (χ2v) is 10.8. The number of fused-ring (bicyclic) bond motifs is 1. The Labute approximate surface area is 228 Å². The Kier molecular flexibility index (Phi) is 9.04. The molecule has 10 heteroatoms. The van der Waals surface area contributed by atoms with Gasteiger partial charge in [-0.3, -0.25) is 9.36 Å². The molecule has 1 fully saturated rings. The van der Waals surface area contributed by atoms with Crippen molar-refractivity contribution in [3.05, 3.63) is 94.4 Å². The molecule has 0 spiro atoms. The van der Waals surface area contributed by atoms with Crippen LogP contribution in [-0.2, 0) is 33.9 Å². The van der Waals surface area contributed by atoms with Crippen LogP contribution in [0.15, 0.2) is 77.7 Å². The number of nitrogens with zero attached hydrogens (tertiary/aromatic N) is 4. The normalized spacial score (nSPS) is 14.9. The maximum atomic E-state index is 12.9. The topological polar surface area (TPSA) is 95.8 Å². The van der Waals surface area contributed by atoms with Gasteiger partial charge in [-0.15, -0.1) is 0 Å². The summed E-state index contributed by atoms with van der Waals surface area (Å²) in [6.07, 6.45) is 4.44. The Bertz CT molecular complexity index is 1460. The van der Waals surface area contributed by atoms with Crippen LogP contribution in [0, 0.1) is 5.92 Å². The smallest absolute Gasteiger partial charge is 0.319 e. The molecule has 9 nitrogen and oxygen atoms in total. The van der Waals surface area contributed by atoms with Gasteiger partial charge in [0.15, 0.2) is 0 Å². The first-order valence-electron chi connectivity index (χ1n) is 13.2. The molecule has 0 bridgehead atoms. The average Bonchev–Trinajstić information content (AvgIpc) is 2.98. The minimum absolute atomic E-state index is 0.236. The zero-order chi connectivity index (χ0) is 27.0. The molecular weight excluding hydrogens is 515 g/mol. The van der Waals surface area contributed by atoms with E-state index in [1.54, 1.807) is 13.2 Å². The zero-order valence-electron chi connectivity index (χ0n) is 22.0. The van der Waals surface area contributed by atoms with Crippen LogP contribution in [-0.4, -0.2) is 34.5 Å². The second-order valence-electron chi connectivity index (χ2n) is 9.69. The summed E-state index contributed by atoms with van der Waals surface area (Å²) < 4.78 is 30.3. The third-order valence-electron chi connectivity index (χ3n) is 6.98. The molecule has 1 aliphatic rings. The summed E-state index contributed by atoms with van der Waals surface area (Å²) in [5.41, 5.74) is 1.74. The zero-order valence-corrected chi connectivity index (χ0v) is 23.0. The molecular formula is C29H33N4O5P. The molecule has 1 aliphatic heterocycles. The summed E-state index contributed by atoms with van der Waals surface area (Å²) in [7, 11) is -0.893. The molecule has 0 N–H and O–H groups in total. The van der Waals surface area contributed by atoms with Crippen LogP contribution in [0.25, 0.3) is 10.8 Å². The molecule has 39 heavy (non-hydrogen) atoms. The number of rotatable bonds is 11. The standard InChI is InChI=1S/C29H33N4O5P/c1-32-29(34)27-25(19-30-32)18-26(31-28(27)36-20-23-8-4-2-5-9-23)33-15-12-22(13-16-33)14-17-37-39(35)38-21-24-10-6-3-7-11-24/h2-11,18-19,22,39H,12-17,20-21H2,1H3. The molecule has 3 heterocycles. The lowest BCUT2D eigenvalue weighted by molar-refractivity contribution is 0.201. The number of aromatic nitrogens is 3. The quantitative estimate of drug-likeness (QED) is 0.238. The van der Waals surface area contributed by atoms with Gasteiger partial charge in [-0.2, -0.15) is 10.1 Å². The van der Waals surface area contributed by atoms with E-state index in [1.807, 2.05) is 66.7 Å². The molecule has 5 rings (SSSR count). The Morgan fingerprint density at radius 3 is 2.31 bits per heavy atom. The number of pyridine rings is 1. The summed E-state index contributed by atoms with van der Waals surface area (Å²) in [6.45, 7) is 2.66. The number of ether oxygens (including phenoxy) is 1. The van der Waals surface area contributed by atoms with E-state index in [0.29, 0.717) is 35.8 Å². The van der Waals surface area contributed by atoms with Crippen molar-refractivity contribution in [1.29, 1.82) is 0 Å².